The molecule has 0 aliphatic carbocycles. The lowest BCUT2D eigenvalue weighted by molar-refractivity contribution is -0.142. The zero-order valence-corrected chi connectivity index (χ0v) is 17.2. The van der Waals surface area contributed by atoms with Gasteiger partial charge in [0, 0.05) is 6.42 Å². The summed E-state index contributed by atoms with van der Waals surface area (Å²) in [7, 11) is 2.82. The highest BCUT2D eigenvalue weighted by atomic mass is 16.5. The largest absolute Gasteiger partial charge is 0.497 e. The quantitative estimate of drug-likeness (QED) is 0.495. The average Bonchev–Trinajstić information content (AvgIpc) is 3.09. The Morgan fingerprint density at radius 1 is 1.07 bits per heavy atom. The summed E-state index contributed by atoms with van der Waals surface area (Å²) in [4.78, 5) is 38.4. The maximum atomic E-state index is 13.1. The average molecular weight is 408 g/mol. The molecule has 0 saturated heterocycles. The van der Waals surface area contributed by atoms with Crippen molar-refractivity contribution in [1.82, 2.24) is 5.01 Å². The zero-order valence-electron chi connectivity index (χ0n) is 17.2. The lowest BCUT2D eigenvalue weighted by Crippen LogP contribution is -2.37. The number of hydrazone groups is 1. The van der Waals surface area contributed by atoms with E-state index in [1.807, 2.05) is 30.3 Å². The third kappa shape index (κ3) is 4.56. The van der Waals surface area contributed by atoms with Crippen molar-refractivity contribution in [1.29, 1.82) is 0 Å². The number of carbonyl (C=O) groups is 3. The van der Waals surface area contributed by atoms with E-state index in [-0.39, 0.29) is 24.5 Å². The van der Waals surface area contributed by atoms with Crippen molar-refractivity contribution >= 4 is 23.4 Å². The van der Waals surface area contributed by atoms with Crippen LogP contribution in [-0.4, -0.2) is 42.6 Å². The first kappa shape index (κ1) is 21.2. The van der Waals surface area contributed by atoms with Crippen molar-refractivity contribution in [2.45, 2.75) is 19.9 Å². The van der Waals surface area contributed by atoms with Crippen LogP contribution >= 0.6 is 0 Å². The Hall–Kier alpha value is -3.48. The van der Waals surface area contributed by atoms with E-state index >= 15 is 0 Å². The summed E-state index contributed by atoms with van der Waals surface area (Å²) >= 11 is 0. The van der Waals surface area contributed by atoms with Crippen LogP contribution in [-0.2, 0) is 32.1 Å². The number of hydrogen-bond donors (Lipinski definition) is 0. The molecule has 156 valence electrons. The predicted octanol–water partition coefficient (Wildman–Crippen LogP) is 2.63. The number of esters is 1. The lowest BCUT2D eigenvalue weighted by Gasteiger charge is -2.15. The molecule has 0 bridgehead atoms. The summed E-state index contributed by atoms with van der Waals surface area (Å²) in [6.45, 7) is 1.82. The maximum absolute atomic E-state index is 13.1. The van der Waals surface area contributed by atoms with Gasteiger partial charge in [0.2, 0.25) is 0 Å². The molecule has 3 rings (SSSR count). The minimum atomic E-state index is -1.12. The van der Waals surface area contributed by atoms with Gasteiger partial charge in [0.25, 0.3) is 5.91 Å². The van der Waals surface area contributed by atoms with E-state index in [0.717, 1.165) is 11.1 Å². The van der Waals surface area contributed by atoms with E-state index in [4.69, 9.17) is 9.47 Å². The van der Waals surface area contributed by atoms with E-state index < -0.39 is 23.7 Å². The van der Waals surface area contributed by atoms with Gasteiger partial charge in [-0.2, -0.15) is 5.10 Å². The monoisotopic (exact) mass is 408 g/mol. The third-order valence-electron chi connectivity index (χ3n) is 5.04. The molecule has 1 aliphatic heterocycles. The molecule has 2 unspecified atom stereocenters. The Morgan fingerprint density at radius 2 is 1.77 bits per heavy atom. The molecule has 30 heavy (non-hydrogen) atoms. The summed E-state index contributed by atoms with van der Waals surface area (Å²) in [5.74, 6) is -2.59. The Labute approximate surface area is 175 Å². The highest BCUT2D eigenvalue weighted by Gasteiger charge is 2.44. The molecule has 0 spiro atoms. The van der Waals surface area contributed by atoms with Crippen LogP contribution in [0.25, 0.3) is 0 Å². The number of Topliss-reactive ketones (excluding diaryl/α,β-unsaturated/α-hetero) is 1. The second-order valence-corrected chi connectivity index (χ2v) is 7.08. The van der Waals surface area contributed by atoms with Gasteiger partial charge in [0.15, 0.2) is 5.78 Å². The smallest absolute Gasteiger partial charge is 0.314 e. The molecular weight excluding hydrogens is 384 g/mol. The molecule has 2 atom stereocenters. The summed E-state index contributed by atoms with van der Waals surface area (Å²) in [6.07, 6.45) is 0.0275. The fraction of sp³-hybridized carbons (Fsp3) is 0.304. The van der Waals surface area contributed by atoms with E-state index in [9.17, 15) is 14.4 Å². The van der Waals surface area contributed by atoms with Crippen molar-refractivity contribution < 1.29 is 23.9 Å². The van der Waals surface area contributed by atoms with Crippen LogP contribution in [0.2, 0.25) is 0 Å². The van der Waals surface area contributed by atoms with Crippen molar-refractivity contribution in [3.05, 3.63) is 65.7 Å². The molecule has 1 aliphatic rings. The molecule has 1 heterocycles. The summed E-state index contributed by atoms with van der Waals surface area (Å²) < 4.78 is 10.0. The molecule has 0 fully saturated rings. The van der Waals surface area contributed by atoms with Crippen molar-refractivity contribution in [2.24, 2.45) is 16.9 Å². The minimum absolute atomic E-state index is 0.0275. The van der Waals surface area contributed by atoms with Gasteiger partial charge in [-0.05, 0) is 30.2 Å². The molecule has 0 saturated carbocycles. The van der Waals surface area contributed by atoms with Crippen molar-refractivity contribution in [3.63, 3.8) is 0 Å². The molecule has 0 radical (unpaired) electrons. The van der Waals surface area contributed by atoms with Crippen LogP contribution in [0.15, 0.2) is 59.7 Å². The Balaban J connectivity index is 1.87. The Kier molecular flexibility index (Phi) is 6.61. The van der Waals surface area contributed by atoms with Gasteiger partial charge in [-0.25, -0.2) is 5.01 Å². The van der Waals surface area contributed by atoms with Gasteiger partial charge in [0.1, 0.15) is 11.7 Å². The van der Waals surface area contributed by atoms with Gasteiger partial charge < -0.3 is 9.47 Å². The van der Waals surface area contributed by atoms with Crippen LogP contribution in [0.1, 0.15) is 18.1 Å². The first-order chi connectivity index (χ1) is 14.4. The van der Waals surface area contributed by atoms with Crippen LogP contribution in [0.4, 0.5) is 0 Å². The lowest BCUT2D eigenvalue weighted by atomic mass is 9.87. The molecule has 7 heteroatoms. The number of methoxy groups -OCH3 is 2. The van der Waals surface area contributed by atoms with Crippen LogP contribution in [0, 0.1) is 11.8 Å². The molecule has 2 aromatic rings. The second-order valence-electron chi connectivity index (χ2n) is 7.08. The zero-order chi connectivity index (χ0) is 21.7. The molecule has 0 N–H and O–H groups in total. The Morgan fingerprint density at radius 3 is 2.43 bits per heavy atom. The number of carbonyl (C=O) groups excluding carboxylic acids is 3. The number of ketones is 1. The van der Waals surface area contributed by atoms with Gasteiger partial charge in [0.05, 0.1) is 32.4 Å². The first-order valence-corrected chi connectivity index (χ1v) is 9.61. The fourth-order valence-corrected chi connectivity index (χ4v) is 3.41. The number of benzene rings is 2. The van der Waals surface area contributed by atoms with E-state index in [2.05, 4.69) is 5.10 Å². The highest BCUT2D eigenvalue weighted by molar-refractivity contribution is 6.26. The number of hydrogen-bond acceptors (Lipinski definition) is 6. The minimum Gasteiger partial charge on any atom is -0.497 e. The Bertz CT molecular complexity index is 971. The van der Waals surface area contributed by atoms with Gasteiger partial charge in [-0.15, -0.1) is 0 Å². The van der Waals surface area contributed by atoms with E-state index in [1.54, 1.807) is 38.3 Å². The van der Waals surface area contributed by atoms with Crippen LogP contribution in [0.5, 0.6) is 5.75 Å². The predicted molar refractivity (Wildman–Crippen MR) is 111 cm³/mol. The maximum Gasteiger partial charge on any atom is 0.314 e. The third-order valence-corrected chi connectivity index (χ3v) is 5.04. The van der Waals surface area contributed by atoms with Gasteiger partial charge in [-0.1, -0.05) is 42.5 Å². The summed E-state index contributed by atoms with van der Waals surface area (Å²) in [5, 5.41) is 5.63. The van der Waals surface area contributed by atoms with Crippen LogP contribution in [0.3, 0.4) is 0 Å². The number of nitrogens with zero attached hydrogens (tertiary/aromatic N) is 2. The SMILES string of the molecule is COC(=O)C(C)C1=NN(Cc2ccccc2)C(=O)C1C(=O)Cc1cccc(OC)c1. The first-order valence-electron chi connectivity index (χ1n) is 9.61. The van der Waals surface area contributed by atoms with Crippen LogP contribution < -0.4 is 4.74 Å². The molecule has 0 aromatic heterocycles. The number of rotatable bonds is 8. The van der Waals surface area contributed by atoms with E-state index in [0.29, 0.717) is 5.75 Å². The summed E-state index contributed by atoms with van der Waals surface area (Å²) in [6, 6.07) is 16.5. The number of ether oxygens (including phenoxy) is 2. The highest BCUT2D eigenvalue weighted by Crippen LogP contribution is 2.26. The molecule has 1 amide bonds. The van der Waals surface area contributed by atoms with Gasteiger partial charge >= 0.3 is 5.97 Å². The topological polar surface area (TPSA) is 85.3 Å². The second kappa shape index (κ2) is 9.35. The molecule has 2 aromatic carbocycles. The molecule has 7 nitrogen and oxygen atoms in total. The van der Waals surface area contributed by atoms with Crippen molar-refractivity contribution in [3.8, 4) is 5.75 Å². The normalized spacial score (nSPS) is 16.8. The fourth-order valence-electron chi connectivity index (χ4n) is 3.41. The number of amides is 1. The summed E-state index contributed by atoms with van der Waals surface area (Å²) in [5.41, 5.74) is 1.81. The van der Waals surface area contributed by atoms with Crippen molar-refractivity contribution in [2.75, 3.05) is 14.2 Å². The van der Waals surface area contributed by atoms with Gasteiger partial charge in [-0.3, -0.25) is 14.4 Å². The molecular formula is C23H24N2O5. The van der Waals surface area contributed by atoms with E-state index in [1.165, 1.54) is 12.1 Å². The standard InChI is InChI=1S/C23H24N2O5/c1-15(23(28)30-3)21-20(19(26)13-17-10-7-11-18(12-17)29-2)22(27)25(24-21)14-16-8-5-4-6-9-16/h4-12,15,20H,13-14H2,1-3H3.